The Bertz CT molecular complexity index is 516. The van der Waals surface area contributed by atoms with E-state index in [-0.39, 0.29) is 12.2 Å². The quantitative estimate of drug-likeness (QED) is 0.908. The summed E-state index contributed by atoms with van der Waals surface area (Å²) in [5, 5.41) is 19.6. The van der Waals surface area contributed by atoms with Crippen LogP contribution in [0.5, 0.6) is 0 Å². The summed E-state index contributed by atoms with van der Waals surface area (Å²) in [7, 11) is 0. The van der Waals surface area contributed by atoms with Gasteiger partial charge in [-0.3, -0.25) is 0 Å². The average molecular weight is 285 g/mol. The normalized spacial score (nSPS) is 24.9. The second kappa shape index (κ2) is 5.43. The number of halogens is 3. The van der Waals surface area contributed by atoms with Gasteiger partial charge in [-0.25, -0.2) is 0 Å². The van der Waals surface area contributed by atoms with Gasteiger partial charge >= 0.3 is 6.18 Å². The molecule has 1 saturated heterocycles. The first-order chi connectivity index (χ1) is 9.39. The van der Waals surface area contributed by atoms with Crippen LogP contribution in [-0.2, 0) is 10.9 Å². The lowest BCUT2D eigenvalue weighted by Crippen LogP contribution is -2.36. The molecule has 20 heavy (non-hydrogen) atoms. The molecule has 2 unspecified atom stereocenters. The molecular weight excluding hydrogens is 271 g/mol. The van der Waals surface area contributed by atoms with E-state index in [1.165, 1.54) is 12.1 Å². The highest BCUT2D eigenvalue weighted by Crippen LogP contribution is 2.41. The maximum absolute atomic E-state index is 12.7. The van der Waals surface area contributed by atoms with E-state index in [0.717, 1.165) is 12.1 Å². The molecule has 0 radical (unpaired) electrons. The van der Waals surface area contributed by atoms with Crippen LogP contribution < -0.4 is 0 Å². The van der Waals surface area contributed by atoms with E-state index in [1.807, 2.05) is 6.07 Å². The Hall–Kier alpha value is -1.58. The van der Waals surface area contributed by atoms with E-state index >= 15 is 0 Å². The summed E-state index contributed by atoms with van der Waals surface area (Å²) in [5.74, 6) is 0. The average Bonchev–Trinajstić information content (AvgIpc) is 2.46. The predicted molar refractivity (Wildman–Crippen MR) is 64.5 cm³/mol. The van der Waals surface area contributed by atoms with Gasteiger partial charge in [0.1, 0.15) is 5.41 Å². The van der Waals surface area contributed by atoms with Gasteiger partial charge in [0.15, 0.2) is 0 Å². The zero-order valence-corrected chi connectivity index (χ0v) is 10.7. The number of nitrogens with zero attached hydrogens (tertiary/aromatic N) is 1. The van der Waals surface area contributed by atoms with E-state index in [4.69, 9.17) is 4.74 Å². The molecule has 108 valence electrons. The second-order valence-corrected chi connectivity index (χ2v) is 4.95. The number of rotatable bonds is 2. The zero-order chi connectivity index (χ0) is 14.8. The molecule has 3 nitrogen and oxygen atoms in total. The summed E-state index contributed by atoms with van der Waals surface area (Å²) >= 11 is 0. The van der Waals surface area contributed by atoms with Crippen molar-refractivity contribution in [1.82, 2.24) is 0 Å². The Labute approximate surface area is 114 Å². The highest BCUT2D eigenvalue weighted by Gasteiger charge is 2.42. The number of alkyl halides is 3. The summed E-state index contributed by atoms with van der Waals surface area (Å²) in [6.07, 6.45) is -4.77. The lowest BCUT2D eigenvalue weighted by Gasteiger charge is -2.35. The minimum absolute atomic E-state index is 0.0287. The molecule has 2 rings (SSSR count). The van der Waals surface area contributed by atoms with Gasteiger partial charge in [0, 0.05) is 6.61 Å². The van der Waals surface area contributed by atoms with E-state index < -0.39 is 23.3 Å². The number of aliphatic hydroxyl groups is 1. The third-order valence-corrected chi connectivity index (χ3v) is 3.55. The summed E-state index contributed by atoms with van der Waals surface area (Å²) < 4.78 is 43.3. The smallest absolute Gasteiger partial charge is 0.387 e. The van der Waals surface area contributed by atoms with E-state index in [1.54, 1.807) is 0 Å². The van der Waals surface area contributed by atoms with Crippen molar-refractivity contribution in [3.05, 3.63) is 35.4 Å². The largest absolute Gasteiger partial charge is 0.416 e. The molecule has 0 aromatic heterocycles. The van der Waals surface area contributed by atoms with Crippen molar-refractivity contribution in [3.63, 3.8) is 0 Å². The number of aliphatic hydroxyl groups excluding tert-OH is 1. The van der Waals surface area contributed by atoms with Crippen LogP contribution in [0.25, 0.3) is 0 Å². The molecule has 6 heteroatoms. The zero-order valence-electron chi connectivity index (χ0n) is 10.7. The molecule has 1 aromatic rings. The van der Waals surface area contributed by atoms with Gasteiger partial charge in [0.05, 0.1) is 24.3 Å². The minimum atomic E-state index is -4.47. The molecule has 0 bridgehead atoms. The van der Waals surface area contributed by atoms with E-state index in [2.05, 4.69) is 0 Å². The Kier molecular flexibility index (Phi) is 4.02. The maximum atomic E-state index is 12.7. The minimum Gasteiger partial charge on any atom is -0.387 e. The first-order valence-corrected chi connectivity index (χ1v) is 6.23. The van der Waals surface area contributed by atoms with Gasteiger partial charge in [0.25, 0.3) is 0 Å². The van der Waals surface area contributed by atoms with Crippen LogP contribution in [0, 0.1) is 16.7 Å². The van der Waals surface area contributed by atoms with Crippen molar-refractivity contribution in [3.8, 4) is 6.07 Å². The van der Waals surface area contributed by atoms with E-state index in [9.17, 15) is 23.5 Å². The highest BCUT2D eigenvalue weighted by atomic mass is 19.4. The Morgan fingerprint density at radius 3 is 2.70 bits per heavy atom. The lowest BCUT2D eigenvalue weighted by atomic mass is 9.76. The third kappa shape index (κ3) is 2.79. The number of hydrogen-bond donors (Lipinski definition) is 1. The first-order valence-electron chi connectivity index (χ1n) is 6.23. The molecule has 0 saturated carbocycles. The van der Waals surface area contributed by atoms with Crippen molar-refractivity contribution in [2.24, 2.45) is 5.41 Å². The van der Waals surface area contributed by atoms with Gasteiger partial charge in [-0.15, -0.1) is 0 Å². The molecular formula is C14H14F3NO2. The molecule has 1 aliphatic rings. The van der Waals surface area contributed by atoms with Crippen LogP contribution in [0.3, 0.4) is 0 Å². The number of ether oxygens (including phenoxy) is 1. The van der Waals surface area contributed by atoms with Crippen LogP contribution >= 0.6 is 0 Å². The standard InChI is InChI=1S/C14H14F3NO2/c15-14(16,17)11-4-1-3-10(7-11)12(19)13(8-18)5-2-6-20-9-13/h1,3-4,7,12,19H,2,5-6,9H2. The maximum Gasteiger partial charge on any atom is 0.416 e. The topological polar surface area (TPSA) is 53.2 Å². The number of hydrogen-bond acceptors (Lipinski definition) is 3. The van der Waals surface area contributed by atoms with Crippen LogP contribution in [-0.4, -0.2) is 18.3 Å². The van der Waals surface area contributed by atoms with Gasteiger partial charge in [-0.2, -0.15) is 18.4 Å². The van der Waals surface area contributed by atoms with Crippen molar-refractivity contribution in [2.45, 2.75) is 25.1 Å². The van der Waals surface area contributed by atoms with E-state index in [0.29, 0.717) is 19.4 Å². The van der Waals surface area contributed by atoms with Crippen LogP contribution in [0.4, 0.5) is 13.2 Å². The first kappa shape index (κ1) is 14.8. The Balaban J connectivity index is 2.33. The van der Waals surface area contributed by atoms with Crippen molar-refractivity contribution in [2.75, 3.05) is 13.2 Å². The van der Waals surface area contributed by atoms with Gasteiger partial charge in [0.2, 0.25) is 0 Å². The summed E-state index contributed by atoms with van der Waals surface area (Å²) in [6, 6.07) is 6.47. The third-order valence-electron chi connectivity index (χ3n) is 3.55. The molecule has 1 aromatic carbocycles. The lowest BCUT2D eigenvalue weighted by molar-refractivity contribution is -0.137. The van der Waals surface area contributed by atoms with Crippen LogP contribution in [0.15, 0.2) is 24.3 Å². The van der Waals surface area contributed by atoms with Crippen molar-refractivity contribution in [1.29, 1.82) is 5.26 Å². The molecule has 0 amide bonds. The fourth-order valence-corrected chi connectivity index (χ4v) is 2.39. The summed E-state index contributed by atoms with van der Waals surface area (Å²) in [5.41, 5.74) is -1.92. The summed E-state index contributed by atoms with van der Waals surface area (Å²) in [6.45, 7) is 0.527. The number of nitriles is 1. The molecule has 1 fully saturated rings. The fraction of sp³-hybridized carbons (Fsp3) is 0.500. The van der Waals surface area contributed by atoms with Gasteiger partial charge in [-0.1, -0.05) is 12.1 Å². The molecule has 1 heterocycles. The SMILES string of the molecule is N#CC1(C(O)c2cccc(C(F)(F)F)c2)CCCOC1. The second-order valence-electron chi connectivity index (χ2n) is 4.95. The van der Waals surface area contributed by atoms with Crippen molar-refractivity contribution >= 4 is 0 Å². The van der Waals surface area contributed by atoms with Gasteiger partial charge < -0.3 is 9.84 Å². The number of benzene rings is 1. The van der Waals surface area contributed by atoms with Gasteiger partial charge in [-0.05, 0) is 30.5 Å². The van der Waals surface area contributed by atoms with Crippen molar-refractivity contribution < 1.29 is 23.0 Å². The fourth-order valence-electron chi connectivity index (χ4n) is 2.39. The monoisotopic (exact) mass is 285 g/mol. The van der Waals surface area contributed by atoms with Crippen LogP contribution in [0.1, 0.15) is 30.1 Å². The Morgan fingerprint density at radius 2 is 2.15 bits per heavy atom. The Morgan fingerprint density at radius 1 is 1.40 bits per heavy atom. The summed E-state index contributed by atoms with van der Waals surface area (Å²) in [4.78, 5) is 0. The van der Waals surface area contributed by atoms with Crippen LogP contribution in [0.2, 0.25) is 0 Å². The molecule has 2 atom stereocenters. The molecule has 1 aliphatic heterocycles. The highest BCUT2D eigenvalue weighted by molar-refractivity contribution is 5.30. The predicted octanol–water partition coefficient (Wildman–Crippen LogP) is 3.06. The molecule has 0 spiro atoms. The molecule has 1 N–H and O–H groups in total. The molecule has 0 aliphatic carbocycles.